The van der Waals surface area contributed by atoms with E-state index in [2.05, 4.69) is 5.10 Å². The molecule has 0 radical (unpaired) electrons. The highest BCUT2D eigenvalue weighted by Gasteiger charge is 2.25. The molecule has 1 fully saturated rings. The van der Waals surface area contributed by atoms with Gasteiger partial charge in [0, 0.05) is 48.5 Å². The zero-order valence-electron chi connectivity index (χ0n) is 19.1. The quantitative estimate of drug-likeness (QED) is 0.553. The molecule has 1 atom stereocenters. The van der Waals surface area contributed by atoms with Crippen molar-refractivity contribution in [3.63, 3.8) is 0 Å². The molecule has 0 saturated carbocycles. The molecule has 1 aromatic carbocycles. The van der Waals surface area contributed by atoms with Crippen molar-refractivity contribution in [2.24, 2.45) is 0 Å². The van der Waals surface area contributed by atoms with E-state index in [1.54, 1.807) is 17.8 Å². The Morgan fingerprint density at radius 2 is 2.00 bits per heavy atom. The van der Waals surface area contributed by atoms with Gasteiger partial charge in [0.2, 0.25) is 0 Å². The number of alkyl halides is 2. The highest BCUT2D eigenvalue weighted by molar-refractivity contribution is 5.57. The first kappa shape index (κ1) is 23.2. The molecule has 0 spiro atoms. The molecule has 4 rings (SSSR count). The second kappa shape index (κ2) is 9.09. The van der Waals surface area contributed by atoms with Crippen LogP contribution in [0.25, 0.3) is 5.69 Å². The van der Waals surface area contributed by atoms with E-state index in [4.69, 9.17) is 4.74 Å². The number of benzene rings is 1. The molecule has 178 valence electrons. The lowest BCUT2D eigenvalue weighted by Gasteiger charge is -2.33. The third kappa shape index (κ3) is 4.57. The summed E-state index contributed by atoms with van der Waals surface area (Å²) in [7, 11) is 0. The average molecular weight is 464 g/mol. The van der Waals surface area contributed by atoms with Crippen LogP contribution in [0.5, 0.6) is 0 Å². The minimum Gasteiger partial charge on any atom is -0.375 e. The Hall–Kier alpha value is -3.01. The zero-order valence-corrected chi connectivity index (χ0v) is 19.1. The van der Waals surface area contributed by atoms with Crippen LogP contribution in [0, 0.1) is 12.7 Å². The van der Waals surface area contributed by atoms with Gasteiger partial charge in [-0.25, -0.2) is 18.0 Å². The van der Waals surface area contributed by atoms with Crippen molar-refractivity contribution >= 4 is 5.69 Å². The number of imidazole rings is 1. The Kier molecular flexibility index (Phi) is 6.38. The number of rotatable bonds is 6. The number of nitrogens with zero attached hydrogens (tertiary/aromatic N) is 5. The number of morpholine rings is 1. The van der Waals surface area contributed by atoms with Gasteiger partial charge in [-0.05, 0) is 39.8 Å². The molecule has 0 amide bonds. The average Bonchev–Trinajstić information content (AvgIpc) is 3.34. The van der Waals surface area contributed by atoms with Gasteiger partial charge < -0.3 is 9.64 Å². The number of halogens is 3. The van der Waals surface area contributed by atoms with E-state index in [1.165, 1.54) is 16.8 Å². The molecule has 2 aromatic heterocycles. The molecule has 1 aliphatic heterocycles. The van der Waals surface area contributed by atoms with E-state index in [1.807, 2.05) is 31.9 Å². The Labute approximate surface area is 190 Å². The van der Waals surface area contributed by atoms with Crippen LogP contribution in [0.4, 0.5) is 18.9 Å². The van der Waals surface area contributed by atoms with E-state index in [-0.39, 0.29) is 24.4 Å². The third-order valence-corrected chi connectivity index (χ3v) is 5.87. The Morgan fingerprint density at radius 1 is 1.24 bits per heavy atom. The fraction of sp³-hybridized carbons (Fsp3) is 0.478. The van der Waals surface area contributed by atoms with E-state index >= 15 is 4.39 Å². The molecule has 0 bridgehead atoms. The largest absolute Gasteiger partial charge is 0.375 e. The fourth-order valence-electron chi connectivity index (χ4n) is 4.07. The molecule has 33 heavy (non-hydrogen) atoms. The first-order valence-corrected chi connectivity index (χ1v) is 11.0. The van der Waals surface area contributed by atoms with Crippen LogP contribution in [0.2, 0.25) is 0 Å². The van der Waals surface area contributed by atoms with Gasteiger partial charge in [-0.2, -0.15) is 5.10 Å². The van der Waals surface area contributed by atoms with Crippen molar-refractivity contribution in [3.05, 3.63) is 63.8 Å². The van der Waals surface area contributed by atoms with Crippen molar-refractivity contribution in [2.75, 3.05) is 24.6 Å². The molecule has 3 heterocycles. The SMILES string of the molecule is Cc1cn(-c2cc(N3CCO[C@H](C)C3)cc(C(F)F)c2F)c(=O)n1Cc1cnn(C(C)C)c1. The molecule has 1 aliphatic rings. The minimum atomic E-state index is -3.01. The van der Waals surface area contributed by atoms with Crippen molar-refractivity contribution in [2.45, 2.75) is 52.8 Å². The van der Waals surface area contributed by atoms with Crippen molar-refractivity contribution in [1.82, 2.24) is 18.9 Å². The Bertz CT molecular complexity index is 1200. The second-order valence-electron chi connectivity index (χ2n) is 8.73. The zero-order chi connectivity index (χ0) is 23.9. The molecule has 1 saturated heterocycles. The van der Waals surface area contributed by atoms with E-state index in [9.17, 15) is 13.6 Å². The van der Waals surface area contributed by atoms with E-state index in [0.717, 1.165) is 16.2 Å². The van der Waals surface area contributed by atoms with Gasteiger partial charge in [-0.3, -0.25) is 13.8 Å². The topological polar surface area (TPSA) is 57.2 Å². The first-order chi connectivity index (χ1) is 15.7. The first-order valence-electron chi connectivity index (χ1n) is 11.0. The maximum absolute atomic E-state index is 15.2. The summed E-state index contributed by atoms with van der Waals surface area (Å²) < 4.78 is 52.5. The number of hydrogen-bond acceptors (Lipinski definition) is 4. The summed E-state index contributed by atoms with van der Waals surface area (Å²) in [4.78, 5) is 15.1. The molecule has 0 N–H and O–H groups in total. The molecule has 0 aliphatic carbocycles. The van der Waals surface area contributed by atoms with Crippen molar-refractivity contribution in [1.29, 1.82) is 0 Å². The van der Waals surface area contributed by atoms with Crippen LogP contribution in [0.1, 0.15) is 50.1 Å². The van der Waals surface area contributed by atoms with E-state index in [0.29, 0.717) is 31.1 Å². The smallest absolute Gasteiger partial charge is 0.333 e. The van der Waals surface area contributed by atoms with Gasteiger partial charge in [-0.15, -0.1) is 0 Å². The molecule has 10 heteroatoms. The maximum Gasteiger partial charge on any atom is 0.333 e. The number of anilines is 1. The van der Waals surface area contributed by atoms with Crippen LogP contribution >= 0.6 is 0 Å². The van der Waals surface area contributed by atoms with Crippen LogP contribution in [-0.2, 0) is 11.3 Å². The number of ether oxygens (including phenoxy) is 1. The lowest BCUT2D eigenvalue weighted by Crippen LogP contribution is -2.41. The molecule has 7 nitrogen and oxygen atoms in total. The second-order valence-corrected chi connectivity index (χ2v) is 8.73. The van der Waals surface area contributed by atoms with Crippen LogP contribution in [0.15, 0.2) is 35.5 Å². The predicted octanol–water partition coefficient (Wildman–Crippen LogP) is 4.07. The minimum absolute atomic E-state index is 0.0833. The monoisotopic (exact) mass is 463 g/mol. The highest BCUT2D eigenvalue weighted by atomic mass is 19.3. The Morgan fingerprint density at radius 3 is 2.64 bits per heavy atom. The molecule has 3 aromatic rings. The van der Waals surface area contributed by atoms with Crippen LogP contribution in [-0.4, -0.2) is 44.7 Å². The summed E-state index contributed by atoms with van der Waals surface area (Å²) in [6.45, 7) is 9.28. The normalized spacial score (nSPS) is 16.9. The number of aromatic nitrogens is 4. The van der Waals surface area contributed by atoms with Crippen LogP contribution < -0.4 is 10.6 Å². The molecular weight excluding hydrogens is 435 g/mol. The van der Waals surface area contributed by atoms with Crippen LogP contribution in [0.3, 0.4) is 0 Å². The standard InChI is InChI=1S/C23H28F3N5O2/c1-14(2)31-13-17(9-27-31)12-29-15(3)10-30(23(29)32)20-8-18(7-19(21(20)24)22(25)26)28-5-6-33-16(4)11-28/h7-10,13-14,16,22H,5-6,11-12H2,1-4H3/t16-/m1/s1. The van der Waals surface area contributed by atoms with Gasteiger partial charge in [0.15, 0.2) is 5.82 Å². The molecule has 0 unspecified atom stereocenters. The summed E-state index contributed by atoms with van der Waals surface area (Å²) in [5.74, 6) is -1.10. The summed E-state index contributed by atoms with van der Waals surface area (Å²) in [6, 6.07) is 2.80. The van der Waals surface area contributed by atoms with Gasteiger partial charge in [0.25, 0.3) is 6.43 Å². The summed E-state index contributed by atoms with van der Waals surface area (Å²) in [5, 5.41) is 4.29. The lowest BCUT2D eigenvalue weighted by molar-refractivity contribution is 0.0532. The lowest BCUT2D eigenvalue weighted by atomic mass is 10.1. The van der Waals surface area contributed by atoms with Crippen molar-refractivity contribution in [3.8, 4) is 5.69 Å². The molecular formula is C23H28F3N5O2. The highest BCUT2D eigenvalue weighted by Crippen LogP contribution is 2.32. The van der Waals surface area contributed by atoms with Gasteiger partial charge in [0.1, 0.15) is 0 Å². The summed E-state index contributed by atoms with van der Waals surface area (Å²) in [6.07, 6.45) is 1.92. The van der Waals surface area contributed by atoms with Gasteiger partial charge in [-0.1, -0.05) is 0 Å². The fourth-order valence-corrected chi connectivity index (χ4v) is 4.07. The maximum atomic E-state index is 15.2. The van der Waals surface area contributed by atoms with E-state index < -0.39 is 23.5 Å². The van der Waals surface area contributed by atoms with Gasteiger partial charge >= 0.3 is 5.69 Å². The van der Waals surface area contributed by atoms with Crippen molar-refractivity contribution < 1.29 is 17.9 Å². The number of hydrogen-bond donors (Lipinski definition) is 0. The summed E-state index contributed by atoms with van der Waals surface area (Å²) >= 11 is 0. The third-order valence-electron chi connectivity index (χ3n) is 5.87. The summed E-state index contributed by atoms with van der Waals surface area (Å²) in [5.41, 5.74) is 0.421. The predicted molar refractivity (Wildman–Crippen MR) is 119 cm³/mol. The number of aryl methyl sites for hydroxylation is 1. The van der Waals surface area contributed by atoms with Gasteiger partial charge in [0.05, 0.1) is 36.7 Å². The Balaban J connectivity index is 1.76.